The summed E-state index contributed by atoms with van der Waals surface area (Å²) in [5.74, 6) is 3.78. The molecule has 0 unspecified atom stereocenters. The van der Waals surface area contributed by atoms with E-state index >= 15 is 0 Å². The van der Waals surface area contributed by atoms with Crippen molar-refractivity contribution in [3.8, 4) is 17.2 Å². The first-order valence-corrected chi connectivity index (χ1v) is 11.0. The summed E-state index contributed by atoms with van der Waals surface area (Å²) in [5, 5.41) is 9.53. The van der Waals surface area contributed by atoms with E-state index in [2.05, 4.69) is 32.7 Å². The zero-order valence-electron chi connectivity index (χ0n) is 15.7. The second-order valence-corrected chi connectivity index (χ2v) is 8.23. The van der Waals surface area contributed by atoms with Crippen LogP contribution in [0.5, 0.6) is 17.2 Å². The van der Waals surface area contributed by atoms with Gasteiger partial charge in [-0.05, 0) is 36.4 Å². The van der Waals surface area contributed by atoms with Crippen molar-refractivity contribution in [1.29, 1.82) is 0 Å². The molecule has 29 heavy (non-hydrogen) atoms. The fraction of sp³-hybridized carbons (Fsp3) is 0.238. The Hall–Kier alpha value is -2.45. The molecule has 0 bridgehead atoms. The minimum atomic E-state index is -0.314. The van der Waals surface area contributed by atoms with Crippen molar-refractivity contribution < 1.29 is 14.2 Å². The lowest BCUT2D eigenvalue weighted by molar-refractivity contribution is 0.0821. The molecule has 0 aliphatic carbocycles. The van der Waals surface area contributed by atoms with E-state index in [-0.39, 0.29) is 6.10 Å². The molecule has 0 N–H and O–H groups in total. The number of aromatic nitrogens is 3. The van der Waals surface area contributed by atoms with Gasteiger partial charge in [0.1, 0.15) is 12.4 Å². The van der Waals surface area contributed by atoms with Gasteiger partial charge in [0.25, 0.3) is 0 Å². The van der Waals surface area contributed by atoms with Crippen LogP contribution in [0.2, 0.25) is 0 Å². The molecular weight excluding hydrogens is 454 g/mol. The quantitative estimate of drug-likeness (QED) is 0.263. The van der Waals surface area contributed by atoms with Gasteiger partial charge in [-0.25, -0.2) is 0 Å². The molecule has 0 amide bonds. The van der Waals surface area contributed by atoms with Gasteiger partial charge in [-0.2, -0.15) is 0 Å². The molecule has 0 fully saturated rings. The van der Waals surface area contributed by atoms with Gasteiger partial charge in [-0.1, -0.05) is 45.9 Å². The van der Waals surface area contributed by atoms with Crippen LogP contribution in [0.1, 0.15) is 11.9 Å². The molecule has 0 spiro atoms. The van der Waals surface area contributed by atoms with Gasteiger partial charge in [0, 0.05) is 16.8 Å². The molecule has 8 heteroatoms. The lowest BCUT2D eigenvalue weighted by Crippen LogP contribution is -2.25. The van der Waals surface area contributed by atoms with E-state index in [0.29, 0.717) is 25.5 Å². The fourth-order valence-electron chi connectivity index (χ4n) is 2.92. The summed E-state index contributed by atoms with van der Waals surface area (Å²) in [4.78, 5) is 0. The zero-order valence-corrected chi connectivity index (χ0v) is 18.1. The standard InChI is InChI=1S/C21H20BrN3O3S/c1-2-11-25-20(19-14-27-17-5-3-4-6-18(17)28-19)23-24-21(25)29-13-12-26-16-9-7-15(22)8-10-16/h2-10,19H,1,11-14H2/t19-/m1/s1. The van der Waals surface area contributed by atoms with Crippen molar-refractivity contribution in [2.75, 3.05) is 19.0 Å². The predicted molar refractivity (Wildman–Crippen MR) is 116 cm³/mol. The number of hydrogen-bond acceptors (Lipinski definition) is 6. The number of nitrogens with zero attached hydrogens (tertiary/aromatic N) is 3. The van der Waals surface area contributed by atoms with Crippen molar-refractivity contribution in [3.05, 3.63) is 71.5 Å². The molecule has 3 aromatic rings. The van der Waals surface area contributed by atoms with Crippen LogP contribution >= 0.6 is 27.7 Å². The minimum absolute atomic E-state index is 0.314. The summed E-state index contributed by atoms with van der Waals surface area (Å²) in [6.07, 6.45) is 1.51. The van der Waals surface area contributed by atoms with Crippen LogP contribution in [-0.4, -0.2) is 33.7 Å². The van der Waals surface area contributed by atoms with Crippen molar-refractivity contribution in [3.63, 3.8) is 0 Å². The van der Waals surface area contributed by atoms with Crippen LogP contribution in [0.4, 0.5) is 0 Å². The molecule has 0 radical (unpaired) electrons. The van der Waals surface area contributed by atoms with Crippen molar-refractivity contribution in [2.24, 2.45) is 0 Å². The van der Waals surface area contributed by atoms with Crippen LogP contribution in [0, 0.1) is 0 Å². The summed E-state index contributed by atoms with van der Waals surface area (Å²) in [6.45, 7) is 5.41. The molecule has 1 aliphatic heterocycles. The first kappa shape index (κ1) is 19.8. The maximum absolute atomic E-state index is 6.09. The van der Waals surface area contributed by atoms with E-state index in [1.165, 1.54) is 0 Å². The average molecular weight is 474 g/mol. The van der Waals surface area contributed by atoms with Crippen LogP contribution in [-0.2, 0) is 6.54 Å². The van der Waals surface area contributed by atoms with Crippen molar-refractivity contribution >= 4 is 27.7 Å². The van der Waals surface area contributed by atoms with E-state index < -0.39 is 0 Å². The molecule has 1 aliphatic rings. The Morgan fingerprint density at radius 3 is 2.76 bits per heavy atom. The topological polar surface area (TPSA) is 58.4 Å². The molecule has 150 valence electrons. The molecule has 1 aromatic heterocycles. The highest BCUT2D eigenvalue weighted by molar-refractivity contribution is 9.10. The largest absolute Gasteiger partial charge is 0.493 e. The molecular formula is C21H20BrN3O3S. The molecule has 1 atom stereocenters. The van der Waals surface area contributed by atoms with Gasteiger partial charge in [-0.15, -0.1) is 16.8 Å². The Labute approximate surface area is 182 Å². The van der Waals surface area contributed by atoms with E-state index in [1.54, 1.807) is 11.8 Å². The zero-order chi connectivity index (χ0) is 20.1. The molecule has 0 saturated carbocycles. The number of thioether (sulfide) groups is 1. The molecule has 2 heterocycles. The van der Waals surface area contributed by atoms with Crippen LogP contribution in [0.25, 0.3) is 0 Å². The summed E-state index contributed by atoms with van der Waals surface area (Å²) >= 11 is 5.01. The van der Waals surface area contributed by atoms with Gasteiger partial charge < -0.3 is 14.2 Å². The summed E-state index contributed by atoms with van der Waals surface area (Å²) < 4.78 is 20.7. The highest BCUT2D eigenvalue weighted by atomic mass is 79.9. The van der Waals surface area contributed by atoms with Gasteiger partial charge in [0.15, 0.2) is 28.6 Å². The third-order valence-corrected chi connectivity index (χ3v) is 5.71. The first-order chi connectivity index (χ1) is 14.2. The van der Waals surface area contributed by atoms with Gasteiger partial charge in [-0.3, -0.25) is 4.57 Å². The van der Waals surface area contributed by atoms with E-state index in [1.807, 2.05) is 59.2 Å². The summed E-state index contributed by atoms with van der Waals surface area (Å²) in [5.41, 5.74) is 0. The van der Waals surface area contributed by atoms with E-state index in [9.17, 15) is 0 Å². The maximum Gasteiger partial charge on any atom is 0.192 e. The number of allylic oxidation sites excluding steroid dienone is 1. The van der Waals surface area contributed by atoms with E-state index in [4.69, 9.17) is 14.2 Å². The molecule has 6 nitrogen and oxygen atoms in total. The lowest BCUT2D eigenvalue weighted by atomic mass is 10.2. The van der Waals surface area contributed by atoms with Crippen LogP contribution in [0.15, 0.2) is 70.8 Å². The number of halogens is 1. The monoisotopic (exact) mass is 473 g/mol. The second-order valence-electron chi connectivity index (χ2n) is 6.26. The predicted octanol–water partition coefficient (Wildman–Crippen LogP) is 4.91. The highest BCUT2D eigenvalue weighted by Crippen LogP contribution is 2.36. The maximum atomic E-state index is 6.09. The normalized spacial score (nSPS) is 15.1. The van der Waals surface area contributed by atoms with E-state index in [0.717, 1.165) is 32.7 Å². The number of para-hydroxylation sites is 2. The minimum Gasteiger partial charge on any atom is -0.493 e. The average Bonchev–Trinajstić information content (AvgIpc) is 3.15. The number of fused-ring (bicyclic) bond motifs is 1. The summed E-state index contributed by atoms with van der Waals surface area (Å²) in [6, 6.07) is 15.4. The molecule has 0 saturated heterocycles. The molecule has 4 rings (SSSR count). The number of ether oxygens (including phenoxy) is 3. The highest BCUT2D eigenvalue weighted by Gasteiger charge is 2.28. The Bertz CT molecular complexity index is 978. The smallest absolute Gasteiger partial charge is 0.192 e. The Balaban J connectivity index is 1.40. The number of rotatable bonds is 8. The van der Waals surface area contributed by atoms with Crippen molar-refractivity contribution in [1.82, 2.24) is 14.8 Å². The lowest BCUT2D eigenvalue weighted by Gasteiger charge is -2.26. The van der Waals surface area contributed by atoms with Crippen LogP contribution in [0.3, 0.4) is 0 Å². The number of hydrogen-bond donors (Lipinski definition) is 0. The SMILES string of the molecule is C=CCn1c(SCCOc2ccc(Br)cc2)nnc1[C@H]1COc2ccccc2O1. The Kier molecular flexibility index (Phi) is 6.41. The Morgan fingerprint density at radius 2 is 1.97 bits per heavy atom. The van der Waals surface area contributed by atoms with Crippen molar-refractivity contribution in [2.45, 2.75) is 17.8 Å². The molecule has 2 aromatic carbocycles. The first-order valence-electron chi connectivity index (χ1n) is 9.18. The van der Waals surface area contributed by atoms with Gasteiger partial charge >= 0.3 is 0 Å². The van der Waals surface area contributed by atoms with Gasteiger partial charge in [0.2, 0.25) is 0 Å². The fourth-order valence-corrected chi connectivity index (χ4v) is 3.95. The van der Waals surface area contributed by atoms with Crippen LogP contribution < -0.4 is 14.2 Å². The van der Waals surface area contributed by atoms with Gasteiger partial charge in [0.05, 0.1) is 6.61 Å². The summed E-state index contributed by atoms with van der Waals surface area (Å²) in [7, 11) is 0. The third-order valence-electron chi connectivity index (χ3n) is 4.25. The number of benzene rings is 2. The second kappa shape index (κ2) is 9.37. The third kappa shape index (κ3) is 4.76. The Morgan fingerprint density at radius 1 is 1.17 bits per heavy atom.